The number of amides is 1. The van der Waals surface area contributed by atoms with E-state index in [0.717, 1.165) is 41.1 Å². The fourth-order valence-corrected chi connectivity index (χ4v) is 4.73. The first-order valence-electron chi connectivity index (χ1n) is 9.24. The molecule has 1 aliphatic carbocycles. The number of carbonyl (C=O) groups is 1. The molecule has 0 bridgehead atoms. The van der Waals surface area contributed by atoms with E-state index in [4.69, 9.17) is 0 Å². The highest BCUT2D eigenvalue weighted by Crippen LogP contribution is 2.44. The highest BCUT2D eigenvalue weighted by atomic mass is 32.1. The van der Waals surface area contributed by atoms with E-state index in [2.05, 4.69) is 37.1 Å². The van der Waals surface area contributed by atoms with E-state index in [9.17, 15) is 10.1 Å². The second kappa shape index (κ2) is 7.66. The molecule has 1 aromatic heterocycles. The summed E-state index contributed by atoms with van der Waals surface area (Å²) in [7, 11) is 0. The SMILES string of the molecule is CC(=O)Nc1ccc(C=Nc2sc3c(c2C#N)CC[C@H](C(C)(C)C)C3)cc1. The zero-order valence-corrected chi connectivity index (χ0v) is 17.1. The molecule has 5 heteroatoms. The van der Waals surface area contributed by atoms with Gasteiger partial charge in [-0.1, -0.05) is 32.9 Å². The molecule has 0 saturated heterocycles. The van der Waals surface area contributed by atoms with Crippen molar-refractivity contribution >= 4 is 34.1 Å². The fourth-order valence-electron chi connectivity index (χ4n) is 3.51. The number of hydrogen-bond acceptors (Lipinski definition) is 4. The molecule has 140 valence electrons. The lowest BCUT2D eigenvalue weighted by Gasteiger charge is -2.33. The Bertz CT molecular complexity index is 911. The Balaban J connectivity index is 1.82. The van der Waals surface area contributed by atoms with Crippen LogP contribution in [0, 0.1) is 22.7 Å². The van der Waals surface area contributed by atoms with E-state index in [1.807, 2.05) is 24.3 Å². The summed E-state index contributed by atoms with van der Waals surface area (Å²) in [6.07, 6.45) is 4.93. The van der Waals surface area contributed by atoms with Gasteiger partial charge in [-0.25, -0.2) is 4.99 Å². The molecule has 1 aromatic carbocycles. The Hall–Kier alpha value is -2.45. The van der Waals surface area contributed by atoms with Crippen LogP contribution in [0.25, 0.3) is 0 Å². The van der Waals surface area contributed by atoms with E-state index >= 15 is 0 Å². The molecule has 0 spiro atoms. The predicted molar refractivity (Wildman–Crippen MR) is 112 cm³/mol. The molecule has 1 amide bonds. The average molecular weight is 380 g/mol. The zero-order chi connectivity index (χ0) is 19.6. The first-order valence-corrected chi connectivity index (χ1v) is 10.1. The smallest absolute Gasteiger partial charge is 0.221 e. The van der Waals surface area contributed by atoms with E-state index in [0.29, 0.717) is 5.92 Å². The summed E-state index contributed by atoms with van der Waals surface area (Å²) >= 11 is 1.66. The Morgan fingerprint density at radius 1 is 1.33 bits per heavy atom. The van der Waals surface area contributed by atoms with Crippen LogP contribution in [-0.4, -0.2) is 12.1 Å². The highest BCUT2D eigenvalue weighted by Gasteiger charge is 2.32. The number of carbonyl (C=O) groups excluding carboxylic acids is 1. The van der Waals surface area contributed by atoms with Crippen molar-refractivity contribution < 1.29 is 4.79 Å². The van der Waals surface area contributed by atoms with Crippen molar-refractivity contribution in [2.24, 2.45) is 16.3 Å². The number of thiophene rings is 1. The van der Waals surface area contributed by atoms with Crippen molar-refractivity contribution in [3.8, 4) is 6.07 Å². The summed E-state index contributed by atoms with van der Waals surface area (Å²) in [5, 5.41) is 13.2. The van der Waals surface area contributed by atoms with Gasteiger partial charge in [0.2, 0.25) is 5.91 Å². The number of benzene rings is 1. The van der Waals surface area contributed by atoms with Gasteiger partial charge in [-0.05, 0) is 53.9 Å². The van der Waals surface area contributed by atoms with Crippen LogP contribution in [-0.2, 0) is 17.6 Å². The van der Waals surface area contributed by atoms with E-state index in [1.54, 1.807) is 17.6 Å². The molecule has 0 fully saturated rings. The fraction of sp³-hybridized carbons (Fsp3) is 0.409. The Morgan fingerprint density at radius 2 is 2.04 bits per heavy atom. The summed E-state index contributed by atoms with van der Waals surface area (Å²) in [6, 6.07) is 9.88. The molecule has 1 atom stereocenters. The molecule has 0 unspecified atom stereocenters. The van der Waals surface area contributed by atoms with Crippen LogP contribution in [0.15, 0.2) is 29.3 Å². The van der Waals surface area contributed by atoms with Gasteiger partial charge in [-0.2, -0.15) is 5.26 Å². The molecular formula is C22H25N3OS. The minimum Gasteiger partial charge on any atom is -0.326 e. The quantitative estimate of drug-likeness (QED) is 0.718. The van der Waals surface area contributed by atoms with Crippen molar-refractivity contribution in [3.63, 3.8) is 0 Å². The number of nitrogens with zero attached hydrogens (tertiary/aromatic N) is 2. The first-order chi connectivity index (χ1) is 12.8. The third-order valence-electron chi connectivity index (χ3n) is 5.15. The molecule has 4 nitrogen and oxygen atoms in total. The molecule has 1 N–H and O–H groups in total. The molecule has 27 heavy (non-hydrogen) atoms. The standard InChI is InChI=1S/C22H25N3OS/c1-14(26)25-17-8-5-15(6-9-17)13-24-21-19(12-23)18-10-7-16(22(2,3)4)11-20(18)27-21/h5-6,8-9,13,16H,7,10-11H2,1-4H3,(H,25,26)/t16-/m0/s1. The summed E-state index contributed by atoms with van der Waals surface area (Å²) in [4.78, 5) is 17.0. The van der Waals surface area contributed by atoms with E-state index < -0.39 is 0 Å². The maximum atomic E-state index is 11.1. The second-order valence-corrected chi connectivity index (χ2v) is 9.25. The predicted octanol–water partition coefficient (Wildman–Crippen LogP) is 5.48. The number of rotatable bonds is 3. The van der Waals surface area contributed by atoms with Crippen LogP contribution in [0.4, 0.5) is 10.7 Å². The maximum absolute atomic E-state index is 11.1. The van der Waals surface area contributed by atoms with Gasteiger partial charge in [0.05, 0.1) is 5.56 Å². The van der Waals surface area contributed by atoms with Crippen molar-refractivity contribution in [2.75, 3.05) is 5.32 Å². The number of nitrogens with one attached hydrogen (secondary N) is 1. The average Bonchev–Trinajstić information content (AvgIpc) is 2.96. The number of aliphatic imine (C=N–C) groups is 1. The lowest BCUT2D eigenvalue weighted by Crippen LogP contribution is -2.26. The minimum absolute atomic E-state index is 0.0900. The third-order valence-corrected chi connectivity index (χ3v) is 6.31. The van der Waals surface area contributed by atoms with E-state index in [1.165, 1.54) is 17.4 Å². The first kappa shape index (κ1) is 19.3. The number of nitriles is 1. The van der Waals surface area contributed by atoms with Crippen LogP contribution in [0.5, 0.6) is 0 Å². The lowest BCUT2D eigenvalue weighted by molar-refractivity contribution is -0.114. The van der Waals surface area contributed by atoms with Crippen LogP contribution < -0.4 is 5.32 Å². The Kier molecular flexibility index (Phi) is 5.48. The monoisotopic (exact) mass is 379 g/mol. The molecule has 0 aliphatic heterocycles. The number of fused-ring (bicyclic) bond motifs is 1. The second-order valence-electron chi connectivity index (χ2n) is 8.16. The Labute approximate surface area is 165 Å². The molecular weight excluding hydrogens is 354 g/mol. The largest absolute Gasteiger partial charge is 0.326 e. The molecule has 0 radical (unpaired) electrons. The van der Waals surface area contributed by atoms with Gasteiger partial charge in [-0.15, -0.1) is 11.3 Å². The van der Waals surface area contributed by atoms with Gasteiger partial charge in [0.1, 0.15) is 11.1 Å². The molecule has 1 aliphatic rings. The maximum Gasteiger partial charge on any atom is 0.221 e. The van der Waals surface area contributed by atoms with Crippen molar-refractivity contribution in [2.45, 2.75) is 47.0 Å². The number of anilines is 1. The van der Waals surface area contributed by atoms with Gasteiger partial charge in [0.15, 0.2) is 0 Å². The van der Waals surface area contributed by atoms with Crippen molar-refractivity contribution in [3.05, 3.63) is 45.8 Å². The van der Waals surface area contributed by atoms with Crippen LogP contribution >= 0.6 is 11.3 Å². The van der Waals surface area contributed by atoms with Gasteiger partial charge in [0.25, 0.3) is 0 Å². The van der Waals surface area contributed by atoms with Gasteiger partial charge < -0.3 is 5.32 Å². The molecule has 1 heterocycles. The van der Waals surface area contributed by atoms with Crippen LogP contribution in [0.1, 0.15) is 55.7 Å². The van der Waals surface area contributed by atoms with Crippen molar-refractivity contribution in [1.82, 2.24) is 0 Å². The lowest BCUT2D eigenvalue weighted by atomic mass is 9.72. The summed E-state index contributed by atoms with van der Waals surface area (Å²) in [6.45, 7) is 8.38. The van der Waals surface area contributed by atoms with Gasteiger partial charge >= 0.3 is 0 Å². The molecule has 2 aromatic rings. The zero-order valence-electron chi connectivity index (χ0n) is 16.3. The third kappa shape index (κ3) is 4.45. The number of hydrogen-bond donors (Lipinski definition) is 1. The van der Waals surface area contributed by atoms with Gasteiger partial charge in [0, 0.05) is 23.7 Å². The topological polar surface area (TPSA) is 65.2 Å². The normalized spacial score (nSPS) is 16.8. The summed E-state index contributed by atoms with van der Waals surface area (Å²) in [5.74, 6) is 0.557. The molecule has 0 saturated carbocycles. The Morgan fingerprint density at radius 3 is 2.63 bits per heavy atom. The molecule has 3 rings (SSSR count). The van der Waals surface area contributed by atoms with Crippen LogP contribution in [0.3, 0.4) is 0 Å². The summed E-state index contributed by atoms with van der Waals surface area (Å²) < 4.78 is 0. The van der Waals surface area contributed by atoms with Crippen molar-refractivity contribution in [1.29, 1.82) is 5.26 Å². The van der Waals surface area contributed by atoms with E-state index in [-0.39, 0.29) is 11.3 Å². The highest BCUT2D eigenvalue weighted by molar-refractivity contribution is 7.16. The van der Waals surface area contributed by atoms with Crippen LogP contribution in [0.2, 0.25) is 0 Å². The minimum atomic E-state index is -0.0900. The van der Waals surface area contributed by atoms with Gasteiger partial charge in [-0.3, -0.25) is 4.79 Å². The summed E-state index contributed by atoms with van der Waals surface area (Å²) in [5.41, 5.74) is 3.93.